The van der Waals surface area contributed by atoms with Gasteiger partial charge >= 0.3 is 12.1 Å². The molecule has 0 heterocycles. The average molecular weight is 320 g/mol. The highest BCUT2D eigenvalue weighted by molar-refractivity contribution is 6.06. The normalized spacial score (nSPS) is 11.6. The third-order valence-electron chi connectivity index (χ3n) is 3.06. The van der Waals surface area contributed by atoms with Gasteiger partial charge in [0.2, 0.25) is 0 Å². The van der Waals surface area contributed by atoms with Gasteiger partial charge in [0, 0.05) is 5.56 Å². The van der Waals surface area contributed by atoms with E-state index in [0.29, 0.717) is 5.56 Å². The maximum Gasteiger partial charge on any atom is 0.416 e. The van der Waals surface area contributed by atoms with Crippen molar-refractivity contribution < 1.29 is 27.9 Å². The Kier molecular flexibility index (Phi) is 4.64. The summed E-state index contributed by atoms with van der Waals surface area (Å²) in [6.07, 6.45) is -1.95. The molecular weight excluding hydrogens is 309 g/mol. The van der Waals surface area contributed by atoms with Gasteiger partial charge in [-0.1, -0.05) is 30.3 Å². The average Bonchev–Trinajstić information content (AvgIpc) is 2.52. The number of halogens is 3. The Morgan fingerprint density at radius 2 is 1.61 bits per heavy atom. The number of hydrogen-bond acceptors (Lipinski definition) is 2. The van der Waals surface area contributed by atoms with E-state index in [1.54, 1.807) is 0 Å². The van der Waals surface area contributed by atoms with Gasteiger partial charge in [0.05, 0.1) is 11.1 Å². The highest BCUT2D eigenvalue weighted by Gasteiger charge is 2.30. The van der Waals surface area contributed by atoms with Crippen LogP contribution >= 0.6 is 0 Å². The molecule has 0 aliphatic rings. The second kappa shape index (κ2) is 6.48. The first-order valence-corrected chi connectivity index (χ1v) is 6.50. The van der Waals surface area contributed by atoms with Crippen molar-refractivity contribution in [2.75, 3.05) is 0 Å². The fraction of sp³-hybridized carbons (Fsp3) is 0.0588. The zero-order chi connectivity index (χ0) is 17.0. The fourth-order valence-electron chi connectivity index (χ4n) is 1.85. The van der Waals surface area contributed by atoms with E-state index in [0.717, 1.165) is 18.2 Å². The van der Waals surface area contributed by atoms with E-state index in [1.807, 2.05) is 0 Å². The number of ketones is 1. The molecule has 0 aliphatic heterocycles. The molecule has 0 saturated heterocycles. The second-order valence-electron chi connectivity index (χ2n) is 4.70. The van der Waals surface area contributed by atoms with Gasteiger partial charge in [-0.2, -0.15) is 13.2 Å². The van der Waals surface area contributed by atoms with Crippen molar-refractivity contribution in [3.8, 4) is 0 Å². The lowest BCUT2D eigenvalue weighted by Gasteiger charge is -2.07. The predicted octanol–water partition coefficient (Wildman–Crippen LogP) is 4.30. The quantitative estimate of drug-likeness (QED) is 0.675. The fourth-order valence-corrected chi connectivity index (χ4v) is 1.85. The summed E-state index contributed by atoms with van der Waals surface area (Å²) in [7, 11) is 0. The van der Waals surface area contributed by atoms with Gasteiger partial charge < -0.3 is 5.11 Å². The zero-order valence-electron chi connectivity index (χ0n) is 11.7. The Hall–Kier alpha value is -2.89. The summed E-state index contributed by atoms with van der Waals surface area (Å²) in [6, 6.07) is 9.90. The Morgan fingerprint density at radius 1 is 0.957 bits per heavy atom. The number of rotatable bonds is 4. The van der Waals surface area contributed by atoms with Crippen LogP contribution in [0.2, 0.25) is 0 Å². The van der Waals surface area contributed by atoms with E-state index in [2.05, 4.69) is 0 Å². The molecule has 23 heavy (non-hydrogen) atoms. The van der Waals surface area contributed by atoms with Crippen LogP contribution in [0, 0.1) is 0 Å². The standard InChI is InChI=1S/C17H11F3O3/c18-17(19,20)14-3-1-2-13(10-14)15(21)9-6-11-4-7-12(8-5-11)16(22)23/h1-10H,(H,22,23)/b9-6+. The molecule has 0 aromatic heterocycles. The number of carbonyl (C=O) groups is 2. The molecule has 2 rings (SSSR count). The van der Waals surface area contributed by atoms with Crippen molar-refractivity contribution in [2.24, 2.45) is 0 Å². The van der Waals surface area contributed by atoms with Crippen LogP contribution < -0.4 is 0 Å². The predicted molar refractivity (Wildman–Crippen MR) is 78.2 cm³/mol. The Morgan fingerprint density at radius 3 is 2.17 bits per heavy atom. The number of allylic oxidation sites excluding steroid dienone is 1. The van der Waals surface area contributed by atoms with Crippen LogP contribution in [-0.4, -0.2) is 16.9 Å². The van der Waals surface area contributed by atoms with Crippen LogP contribution in [0.25, 0.3) is 6.08 Å². The Labute approximate surface area is 129 Å². The summed E-state index contributed by atoms with van der Waals surface area (Å²) in [5.74, 6) is -1.64. The number of hydrogen-bond donors (Lipinski definition) is 1. The number of carbonyl (C=O) groups excluding carboxylic acids is 1. The van der Waals surface area contributed by atoms with E-state index in [9.17, 15) is 22.8 Å². The Bertz CT molecular complexity index is 759. The van der Waals surface area contributed by atoms with Crippen LogP contribution in [-0.2, 0) is 6.18 Å². The van der Waals surface area contributed by atoms with E-state index in [-0.39, 0.29) is 11.1 Å². The van der Waals surface area contributed by atoms with Crippen molar-refractivity contribution in [3.63, 3.8) is 0 Å². The Balaban J connectivity index is 2.17. The maximum atomic E-state index is 12.6. The molecule has 0 unspecified atom stereocenters. The van der Waals surface area contributed by atoms with Crippen molar-refractivity contribution in [1.82, 2.24) is 0 Å². The van der Waals surface area contributed by atoms with Crippen LogP contribution in [0.5, 0.6) is 0 Å². The highest BCUT2D eigenvalue weighted by Crippen LogP contribution is 2.29. The first-order chi connectivity index (χ1) is 10.8. The summed E-state index contributed by atoms with van der Waals surface area (Å²) >= 11 is 0. The minimum Gasteiger partial charge on any atom is -0.478 e. The molecular formula is C17H11F3O3. The highest BCUT2D eigenvalue weighted by atomic mass is 19.4. The third-order valence-corrected chi connectivity index (χ3v) is 3.06. The van der Waals surface area contributed by atoms with Crippen molar-refractivity contribution >= 4 is 17.8 Å². The molecule has 0 aliphatic carbocycles. The van der Waals surface area contributed by atoms with Crippen molar-refractivity contribution in [1.29, 1.82) is 0 Å². The van der Waals surface area contributed by atoms with E-state index in [4.69, 9.17) is 5.11 Å². The molecule has 2 aromatic rings. The van der Waals surface area contributed by atoms with E-state index >= 15 is 0 Å². The summed E-state index contributed by atoms with van der Waals surface area (Å²) in [5.41, 5.74) is -0.289. The summed E-state index contributed by atoms with van der Waals surface area (Å²) in [6.45, 7) is 0. The zero-order valence-corrected chi connectivity index (χ0v) is 11.7. The molecule has 0 atom stereocenters. The second-order valence-corrected chi connectivity index (χ2v) is 4.70. The third kappa shape index (κ3) is 4.29. The largest absolute Gasteiger partial charge is 0.478 e. The number of carboxylic acids is 1. The van der Waals surface area contributed by atoms with Crippen LogP contribution in [0.3, 0.4) is 0 Å². The van der Waals surface area contributed by atoms with Crippen LogP contribution in [0.4, 0.5) is 13.2 Å². The van der Waals surface area contributed by atoms with Crippen LogP contribution in [0.15, 0.2) is 54.6 Å². The molecule has 3 nitrogen and oxygen atoms in total. The summed E-state index contributed by atoms with van der Waals surface area (Å²) in [4.78, 5) is 22.6. The van der Waals surface area contributed by atoms with Gasteiger partial charge in [-0.3, -0.25) is 4.79 Å². The number of benzene rings is 2. The molecule has 0 saturated carbocycles. The maximum absolute atomic E-state index is 12.6. The lowest BCUT2D eigenvalue weighted by molar-refractivity contribution is -0.137. The molecule has 0 radical (unpaired) electrons. The lowest BCUT2D eigenvalue weighted by Crippen LogP contribution is -2.06. The van der Waals surface area contributed by atoms with Gasteiger partial charge in [-0.25, -0.2) is 4.79 Å². The first kappa shape index (κ1) is 16.5. The first-order valence-electron chi connectivity index (χ1n) is 6.50. The number of carboxylic acid groups (broad SMARTS) is 1. The SMILES string of the molecule is O=C(O)c1ccc(/C=C/C(=O)c2cccc(C(F)(F)F)c2)cc1. The molecule has 1 N–H and O–H groups in total. The van der Waals surface area contributed by atoms with Crippen molar-refractivity contribution in [3.05, 3.63) is 76.9 Å². The topological polar surface area (TPSA) is 54.4 Å². The molecule has 2 aromatic carbocycles. The molecule has 6 heteroatoms. The summed E-state index contributed by atoms with van der Waals surface area (Å²) in [5, 5.41) is 8.77. The molecule has 0 amide bonds. The monoisotopic (exact) mass is 320 g/mol. The number of aromatic carboxylic acids is 1. The van der Waals surface area contributed by atoms with E-state index < -0.39 is 23.5 Å². The van der Waals surface area contributed by atoms with Gasteiger partial charge in [0.15, 0.2) is 5.78 Å². The number of alkyl halides is 3. The molecule has 0 fully saturated rings. The van der Waals surface area contributed by atoms with Gasteiger partial charge in [-0.05, 0) is 35.9 Å². The molecule has 0 spiro atoms. The van der Waals surface area contributed by atoms with Gasteiger partial charge in [0.1, 0.15) is 0 Å². The molecule has 118 valence electrons. The van der Waals surface area contributed by atoms with Crippen molar-refractivity contribution in [2.45, 2.75) is 6.18 Å². The van der Waals surface area contributed by atoms with E-state index in [1.165, 1.54) is 42.5 Å². The lowest BCUT2D eigenvalue weighted by atomic mass is 10.1. The minimum absolute atomic E-state index is 0.0711. The molecule has 0 bridgehead atoms. The van der Waals surface area contributed by atoms with Crippen LogP contribution in [0.1, 0.15) is 31.8 Å². The van der Waals surface area contributed by atoms with Gasteiger partial charge in [-0.15, -0.1) is 0 Å². The minimum atomic E-state index is -4.51. The van der Waals surface area contributed by atoms with Gasteiger partial charge in [0.25, 0.3) is 0 Å². The summed E-state index contributed by atoms with van der Waals surface area (Å²) < 4.78 is 37.8. The smallest absolute Gasteiger partial charge is 0.416 e.